The van der Waals surface area contributed by atoms with Gasteiger partial charge in [0.15, 0.2) is 0 Å². The van der Waals surface area contributed by atoms with Crippen LogP contribution < -0.4 is 0 Å². The monoisotopic (exact) mass is 253 g/mol. The third-order valence-electron chi connectivity index (χ3n) is 3.55. The zero-order valence-electron chi connectivity index (χ0n) is 11.0. The number of nitrogens with zero attached hydrogens (tertiary/aromatic N) is 1. The maximum absolute atomic E-state index is 11.9. The molecule has 0 fully saturated rings. The predicted molar refractivity (Wildman–Crippen MR) is 76.2 cm³/mol. The Morgan fingerprint density at radius 2 is 1.47 bits per heavy atom. The average molecular weight is 253 g/mol. The lowest BCUT2D eigenvalue weighted by molar-refractivity contribution is -0.143. The number of ether oxygens (including phenoxy) is 1. The van der Waals surface area contributed by atoms with Gasteiger partial charge in [-0.05, 0) is 19.1 Å². The molecule has 1 unspecified atom stereocenters. The minimum atomic E-state index is -0.338. The normalized spacial score (nSPS) is 12.7. The fourth-order valence-corrected chi connectivity index (χ4v) is 2.65. The van der Waals surface area contributed by atoms with Gasteiger partial charge < -0.3 is 9.30 Å². The number of carbonyl (C=O) groups excluding carboxylic acids is 1. The van der Waals surface area contributed by atoms with Gasteiger partial charge in [0.2, 0.25) is 0 Å². The summed E-state index contributed by atoms with van der Waals surface area (Å²) in [4.78, 5) is 11.9. The van der Waals surface area contributed by atoms with Crippen molar-refractivity contribution in [3.63, 3.8) is 0 Å². The molecule has 0 N–H and O–H groups in total. The lowest BCUT2D eigenvalue weighted by Gasteiger charge is -2.14. The molecule has 1 aromatic heterocycles. The molecule has 1 heterocycles. The van der Waals surface area contributed by atoms with Gasteiger partial charge in [0.05, 0.1) is 7.11 Å². The fourth-order valence-electron chi connectivity index (χ4n) is 2.65. The van der Waals surface area contributed by atoms with Gasteiger partial charge in [0, 0.05) is 21.8 Å². The molecule has 0 aliphatic carbocycles. The molecule has 0 saturated heterocycles. The zero-order chi connectivity index (χ0) is 13.4. The molecule has 19 heavy (non-hydrogen) atoms. The first-order valence-electron chi connectivity index (χ1n) is 6.29. The number of esters is 1. The summed E-state index contributed by atoms with van der Waals surface area (Å²) in [6.45, 7) is 1.87. The lowest BCUT2D eigenvalue weighted by Crippen LogP contribution is -2.17. The van der Waals surface area contributed by atoms with E-state index in [-0.39, 0.29) is 12.0 Å². The number of fused-ring (bicyclic) bond motifs is 3. The molecule has 3 aromatic rings. The van der Waals surface area contributed by atoms with E-state index >= 15 is 0 Å². The summed E-state index contributed by atoms with van der Waals surface area (Å²) in [6.07, 6.45) is 0. The Kier molecular flexibility index (Phi) is 2.75. The molecule has 0 saturated carbocycles. The highest BCUT2D eigenvalue weighted by atomic mass is 16.5. The van der Waals surface area contributed by atoms with Gasteiger partial charge in [-0.15, -0.1) is 0 Å². The Balaban J connectivity index is 2.40. The summed E-state index contributed by atoms with van der Waals surface area (Å²) in [5.41, 5.74) is 2.11. The van der Waals surface area contributed by atoms with Crippen LogP contribution in [0.1, 0.15) is 13.0 Å². The number of carbonyl (C=O) groups is 1. The third kappa shape index (κ3) is 1.70. The van der Waals surface area contributed by atoms with Crippen LogP contribution in [0.15, 0.2) is 48.5 Å². The molecule has 2 aromatic carbocycles. The Labute approximate surface area is 111 Å². The maximum atomic E-state index is 11.9. The molecule has 0 aliphatic heterocycles. The van der Waals surface area contributed by atoms with Crippen molar-refractivity contribution >= 4 is 27.8 Å². The largest absolute Gasteiger partial charge is 0.467 e. The number of hydrogen-bond donors (Lipinski definition) is 0. The molecular weight excluding hydrogens is 238 g/mol. The Morgan fingerprint density at radius 3 is 1.95 bits per heavy atom. The van der Waals surface area contributed by atoms with Crippen LogP contribution in [0, 0.1) is 0 Å². The van der Waals surface area contributed by atoms with E-state index in [0.29, 0.717) is 0 Å². The van der Waals surface area contributed by atoms with E-state index < -0.39 is 0 Å². The first kappa shape index (κ1) is 11.8. The summed E-state index contributed by atoms with van der Waals surface area (Å²) in [5.74, 6) is -0.230. The molecule has 0 aliphatic rings. The van der Waals surface area contributed by atoms with E-state index in [2.05, 4.69) is 12.1 Å². The lowest BCUT2D eigenvalue weighted by atomic mass is 10.2. The Hall–Kier alpha value is -2.29. The van der Waals surface area contributed by atoms with Crippen molar-refractivity contribution in [2.75, 3.05) is 7.11 Å². The SMILES string of the molecule is COC(=O)C(C)n1c2ccccc2c2ccccc21. The summed E-state index contributed by atoms with van der Waals surface area (Å²) < 4.78 is 6.91. The van der Waals surface area contributed by atoms with E-state index in [1.807, 2.05) is 47.9 Å². The molecule has 3 heteroatoms. The van der Waals surface area contributed by atoms with Crippen LogP contribution in [-0.4, -0.2) is 17.6 Å². The van der Waals surface area contributed by atoms with Gasteiger partial charge in [-0.2, -0.15) is 0 Å². The van der Waals surface area contributed by atoms with Crippen molar-refractivity contribution in [1.82, 2.24) is 4.57 Å². The molecule has 0 radical (unpaired) electrons. The van der Waals surface area contributed by atoms with Gasteiger partial charge in [-0.25, -0.2) is 4.79 Å². The predicted octanol–water partition coefficient (Wildman–Crippen LogP) is 3.53. The summed E-state index contributed by atoms with van der Waals surface area (Å²) in [7, 11) is 1.42. The second kappa shape index (κ2) is 4.43. The minimum Gasteiger partial charge on any atom is -0.467 e. The first-order chi connectivity index (χ1) is 9.24. The number of para-hydroxylation sites is 2. The van der Waals surface area contributed by atoms with Gasteiger partial charge in [-0.1, -0.05) is 36.4 Å². The smallest absolute Gasteiger partial charge is 0.328 e. The molecule has 3 nitrogen and oxygen atoms in total. The first-order valence-corrected chi connectivity index (χ1v) is 6.29. The quantitative estimate of drug-likeness (QED) is 0.654. The van der Waals surface area contributed by atoms with Crippen LogP contribution in [0.4, 0.5) is 0 Å². The molecular formula is C16H15NO2. The molecule has 3 rings (SSSR count). The van der Waals surface area contributed by atoms with E-state index in [4.69, 9.17) is 4.74 Å². The maximum Gasteiger partial charge on any atom is 0.328 e. The highest BCUT2D eigenvalue weighted by Gasteiger charge is 2.20. The summed E-state index contributed by atoms with van der Waals surface area (Å²) in [5, 5.41) is 2.32. The van der Waals surface area contributed by atoms with E-state index in [9.17, 15) is 4.79 Å². The number of rotatable bonds is 2. The van der Waals surface area contributed by atoms with Crippen molar-refractivity contribution in [1.29, 1.82) is 0 Å². The summed E-state index contributed by atoms with van der Waals surface area (Å²) >= 11 is 0. The standard InChI is InChI=1S/C16H15NO2/c1-11(16(18)19-2)17-14-9-5-3-7-12(14)13-8-4-6-10-15(13)17/h3-11H,1-2H3. The minimum absolute atomic E-state index is 0.230. The average Bonchev–Trinajstić information content (AvgIpc) is 2.80. The van der Waals surface area contributed by atoms with Crippen molar-refractivity contribution < 1.29 is 9.53 Å². The molecule has 96 valence electrons. The van der Waals surface area contributed by atoms with Gasteiger partial charge >= 0.3 is 5.97 Å². The topological polar surface area (TPSA) is 31.2 Å². The number of methoxy groups -OCH3 is 1. The Bertz CT molecular complexity index is 704. The second-order valence-electron chi connectivity index (χ2n) is 4.60. The summed E-state index contributed by atoms with van der Waals surface area (Å²) in [6, 6.07) is 15.9. The van der Waals surface area contributed by atoms with Crippen LogP contribution in [0.5, 0.6) is 0 Å². The van der Waals surface area contributed by atoms with Crippen molar-refractivity contribution in [2.45, 2.75) is 13.0 Å². The second-order valence-corrected chi connectivity index (χ2v) is 4.60. The molecule has 1 atom stereocenters. The van der Waals surface area contributed by atoms with Crippen molar-refractivity contribution in [3.05, 3.63) is 48.5 Å². The highest BCUT2D eigenvalue weighted by molar-refractivity contribution is 6.08. The van der Waals surface area contributed by atoms with Gasteiger partial charge in [-0.3, -0.25) is 0 Å². The van der Waals surface area contributed by atoms with E-state index in [1.54, 1.807) is 0 Å². The van der Waals surface area contributed by atoms with Crippen LogP contribution in [0.25, 0.3) is 21.8 Å². The van der Waals surface area contributed by atoms with E-state index in [1.165, 1.54) is 7.11 Å². The third-order valence-corrected chi connectivity index (χ3v) is 3.55. The van der Waals surface area contributed by atoms with Crippen LogP contribution in [0.2, 0.25) is 0 Å². The van der Waals surface area contributed by atoms with Gasteiger partial charge in [0.1, 0.15) is 6.04 Å². The number of benzene rings is 2. The van der Waals surface area contributed by atoms with Crippen LogP contribution in [-0.2, 0) is 9.53 Å². The van der Waals surface area contributed by atoms with Crippen molar-refractivity contribution in [3.8, 4) is 0 Å². The molecule has 0 spiro atoms. The van der Waals surface area contributed by atoms with Crippen LogP contribution in [0.3, 0.4) is 0 Å². The highest BCUT2D eigenvalue weighted by Crippen LogP contribution is 2.31. The van der Waals surface area contributed by atoms with Crippen molar-refractivity contribution in [2.24, 2.45) is 0 Å². The van der Waals surface area contributed by atoms with E-state index in [0.717, 1.165) is 21.8 Å². The molecule has 0 amide bonds. The van der Waals surface area contributed by atoms with Gasteiger partial charge in [0.25, 0.3) is 0 Å². The molecule has 0 bridgehead atoms. The van der Waals surface area contributed by atoms with Crippen LogP contribution >= 0.6 is 0 Å². The zero-order valence-corrected chi connectivity index (χ0v) is 11.0. The fraction of sp³-hybridized carbons (Fsp3) is 0.188. The number of aromatic nitrogens is 1. The number of hydrogen-bond acceptors (Lipinski definition) is 2. The Morgan fingerprint density at radius 1 is 1.00 bits per heavy atom.